The van der Waals surface area contributed by atoms with Crippen LogP contribution in [0.2, 0.25) is 0 Å². The van der Waals surface area contributed by atoms with Gasteiger partial charge in [0.2, 0.25) is 11.4 Å². The van der Waals surface area contributed by atoms with Gasteiger partial charge in [0.1, 0.15) is 11.5 Å². The van der Waals surface area contributed by atoms with Gasteiger partial charge in [0, 0.05) is 59.7 Å². The maximum absolute atomic E-state index is 5.59. The Balaban J connectivity index is 1.33. The number of ether oxygens (including phenoxy) is 6. The summed E-state index contributed by atoms with van der Waals surface area (Å²) in [6.07, 6.45) is 12.5. The Hall–Kier alpha value is -4.28. The van der Waals surface area contributed by atoms with Gasteiger partial charge in [-0.15, -0.1) is 0 Å². The van der Waals surface area contributed by atoms with E-state index in [-0.39, 0.29) is 0 Å². The fraction of sp³-hybridized carbons (Fsp3) is 0.278. The van der Waals surface area contributed by atoms with E-state index in [1.54, 1.807) is 42.7 Å². The molecule has 4 aromatic rings. The highest BCUT2D eigenvalue weighted by Crippen LogP contribution is 2.36. The van der Waals surface area contributed by atoms with Crippen molar-refractivity contribution >= 4 is 45.9 Å². The fourth-order valence-corrected chi connectivity index (χ4v) is 6.73. The Morgan fingerprint density at radius 3 is 1.22 bits per heavy atom. The molecule has 0 aliphatic carbocycles. The molecule has 0 N–H and O–H groups in total. The van der Waals surface area contributed by atoms with Gasteiger partial charge in [0.15, 0.2) is 48.5 Å². The van der Waals surface area contributed by atoms with Crippen molar-refractivity contribution in [3.63, 3.8) is 0 Å². The smallest absolute Gasteiger partial charge is 0.205 e. The molecule has 2 heterocycles. The molecule has 8 nitrogen and oxygen atoms in total. The van der Waals surface area contributed by atoms with Gasteiger partial charge in [-0.2, -0.15) is 9.13 Å². The van der Waals surface area contributed by atoms with E-state index in [0.717, 1.165) is 58.6 Å². The van der Waals surface area contributed by atoms with Crippen LogP contribution >= 0.6 is 21.6 Å². The maximum Gasteiger partial charge on any atom is 0.205 e. The lowest BCUT2D eigenvalue weighted by molar-refractivity contribution is -0.694. The van der Waals surface area contributed by atoms with Crippen LogP contribution in [0.3, 0.4) is 0 Å². The third kappa shape index (κ3) is 9.14. The highest BCUT2D eigenvalue weighted by molar-refractivity contribution is 8.76. The highest BCUT2D eigenvalue weighted by atomic mass is 33.1. The molecule has 0 radical (unpaired) electrons. The van der Waals surface area contributed by atoms with Crippen molar-refractivity contribution in [2.45, 2.75) is 13.1 Å². The first-order valence-electron chi connectivity index (χ1n) is 14.7. The summed E-state index contributed by atoms with van der Waals surface area (Å²) in [5.41, 5.74) is 4.03. The van der Waals surface area contributed by atoms with Gasteiger partial charge in [0.25, 0.3) is 0 Å². The number of hydrogen-bond acceptors (Lipinski definition) is 8. The van der Waals surface area contributed by atoms with Crippen LogP contribution in [-0.4, -0.2) is 54.2 Å². The molecule has 0 saturated carbocycles. The average molecular weight is 663 g/mol. The number of benzene rings is 2. The minimum atomic E-state index is 0.634. The third-order valence-corrected chi connectivity index (χ3v) is 9.57. The van der Waals surface area contributed by atoms with Crippen LogP contribution in [0.5, 0.6) is 34.5 Å². The Morgan fingerprint density at radius 2 is 0.848 bits per heavy atom. The monoisotopic (exact) mass is 662 g/mol. The molecule has 46 heavy (non-hydrogen) atoms. The van der Waals surface area contributed by atoms with E-state index in [1.165, 1.54) is 0 Å². The van der Waals surface area contributed by atoms with Crippen molar-refractivity contribution < 1.29 is 37.6 Å². The summed E-state index contributed by atoms with van der Waals surface area (Å²) in [4.78, 5) is 0. The molecule has 0 atom stereocenters. The molecule has 242 valence electrons. The van der Waals surface area contributed by atoms with E-state index >= 15 is 0 Å². The van der Waals surface area contributed by atoms with E-state index in [2.05, 4.69) is 57.9 Å². The zero-order valence-electron chi connectivity index (χ0n) is 27.2. The quantitative estimate of drug-likeness (QED) is 0.0701. The van der Waals surface area contributed by atoms with Gasteiger partial charge in [0.05, 0.1) is 54.2 Å². The second-order valence-corrected chi connectivity index (χ2v) is 12.5. The predicted octanol–water partition coefficient (Wildman–Crippen LogP) is 6.74. The molecule has 0 aliphatic heterocycles. The number of hydrogen-bond donors (Lipinski definition) is 0. The first kappa shape index (κ1) is 34.6. The fourth-order valence-electron chi connectivity index (χ4n) is 4.79. The van der Waals surface area contributed by atoms with Crippen molar-refractivity contribution in [3.8, 4) is 34.5 Å². The van der Waals surface area contributed by atoms with E-state index in [4.69, 9.17) is 28.4 Å². The summed E-state index contributed by atoms with van der Waals surface area (Å²) in [6, 6.07) is 20.0. The van der Waals surface area contributed by atoms with Crippen LogP contribution < -0.4 is 37.6 Å². The van der Waals surface area contributed by atoms with Crippen LogP contribution in [-0.2, 0) is 13.1 Å². The number of aromatic nitrogens is 2. The Bertz CT molecular complexity index is 1520. The molecule has 2 aromatic heterocycles. The summed E-state index contributed by atoms with van der Waals surface area (Å²) in [5, 5.41) is 0. The molecule has 0 amide bonds. The lowest BCUT2D eigenvalue weighted by atomic mass is 10.1. The van der Waals surface area contributed by atoms with Crippen LogP contribution in [0, 0.1) is 0 Å². The minimum Gasteiger partial charge on any atom is -0.496 e. The summed E-state index contributed by atoms with van der Waals surface area (Å²) < 4.78 is 37.5. The number of aryl methyl sites for hydroxylation is 2. The number of nitrogens with zero attached hydrogens (tertiary/aromatic N) is 2. The van der Waals surface area contributed by atoms with Crippen molar-refractivity contribution in [1.82, 2.24) is 0 Å². The molecule has 0 bridgehead atoms. The lowest BCUT2D eigenvalue weighted by Crippen LogP contribution is -2.38. The zero-order valence-corrected chi connectivity index (χ0v) is 28.9. The zero-order chi connectivity index (χ0) is 32.7. The first-order valence-corrected chi connectivity index (χ1v) is 17.2. The molecule has 2 aromatic carbocycles. The summed E-state index contributed by atoms with van der Waals surface area (Å²) in [6.45, 7) is 1.78. The number of methoxy groups -OCH3 is 6. The number of pyridine rings is 2. The van der Waals surface area contributed by atoms with E-state index < -0.39 is 0 Å². The summed E-state index contributed by atoms with van der Waals surface area (Å²) in [5.74, 6) is 5.98. The molecule has 0 spiro atoms. The first-order chi connectivity index (χ1) is 22.5. The van der Waals surface area contributed by atoms with Crippen molar-refractivity contribution in [2.24, 2.45) is 0 Å². The van der Waals surface area contributed by atoms with Gasteiger partial charge in [-0.05, 0) is 36.4 Å². The summed E-state index contributed by atoms with van der Waals surface area (Å²) >= 11 is 0. The molecule has 0 fully saturated rings. The normalized spacial score (nSPS) is 11.2. The van der Waals surface area contributed by atoms with Gasteiger partial charge < -0.3 is 28.4 Å². The Kier molecular flexibility index (Phi) is 13.5. The highest BCUT2D eigenvalue weighted by Gasteiger charge is 2.14. The maximum atomic E-state index is 5.59. The van der Waals surface area contributed by atoms with Gasteiger partial charge in [-0.1, -0.05) is 21.6 Å². The van der Waals surface area contributed by atoms with Crippen molar-refractivity contribution in [1.29, 1.82) is 0 Å². The Morgan fingerprint density at radius 1 is 0.478 bits per heavy atom. The Labute approximate surface area is 280 Å². The van der Waals surface area contributed by atoms with E-state index in [0.29, 0.717) is 23.0 Å². The van der Waals surface area contributed by atoms with Gasteiger partial charge >= 0.3 is 0 Å². The third-order valence-electron chi connectivity index (χ3n) is 7.20. The van der Waals surface area contributed by atoms with Crippen LogP contribution in [0.25, 0.3) is 24.3 Å². The molecular formula is C36H42N2O6S2+2. The lowest BCUT2D eigenvalue weighted by Gasteiger charge is -2.12. The van der Waals surface area contributed by atoms with Crippen molar-refractivity contribution in [2.75, 3.05) is 54.2 Å². The molecule has 0 saturated heterocycles. The number of rotatable bonds is 17. The van der Waals surface area contributed by atoms with Crippen LogP contribution in [0.15, 0.2) is 73.1 Å². The SMILES string of the molecule is COc1cc(OC)c(OC)cc1/C=C/c1cccc[n+]1CCSSCC[n+]1ccccc1/C=C/c1cc(OC)c(OC)cc1OC. The van der Waals surface area contributed by atoms with Gasteiger partial charge in [-0.3, -0.25) is 0 Å². The molecule has 0 aliphatic rings. The van der Waals surface area contributed by atoms with Crippen LogP contribution in [0.1, 0.15) is 22.5 Å². The van der Waals surface area contributed by atoms with Gasteiger partial charge in [-0.25, -0.2) is 0 Å². The minimum absolute atomic E-state index is 0.634. The topological polar surface area (TPSA) is 63.1 Å². The van der Waals surface area contributed by atoms with Crippen molar-refractivity contribution in [3.05, 3.63) is 95.6 Å². The summed E-state index contributed by atoms with van der Waals surface area (Å²) in [7, 11) is 13.6. The molecule has 10 heteroatoms. The molecular weight excluding hydrogens is 621 g/mol. The standard InChI is InChI=1S/C36H42N2O6S2/c1-39-31-25-35(43-5)33(41-3)23-27(31)13-15-29-11-7-9-17-37(29)19-21-45-46-22-20-38-18-10-8-12-30(38)16-14-28-24-34(42-4)36(44-6)26-32(28)40-2/h7-18,23-26H,19-22H2,1-6H3/q+2/b15-13+,16-14+. The largest absolute Gasteiger partial charge is 0.496 e. The second kappa shape index (κ2) is 18.0. The van der Waals surface area contributed by atoms with E-state index in [9.17, 15) is 0 Å². The second-order valence-electron chi connectivity index (χ2n) is 9.85. The predicted molar refractivity (Wildman–Crippen MR) is 188 cm³/mol. The molecule has 0 unspecified atom stereocenters. The molecule has 4 rings (SSSR count). The van der Waals surface area contributed by atoms with E-state index in [1.807, 2.05) is 70.1 Å². The average Bonchev–Trinajstić information content (AvgIpc) is 3.11. The van der Waals surface area contributed by atoms with Crippen LogP contribution in [0.4, 0.5) is 0 Å².